The van der Waals surface area contributed by atoms with Crippen molar-refractivity contribution in [1.82, 2.24) is 9.19 Å². The second-order valence-electron chi connectivity index (χ2n) is 5.36. The molecule has 20 heavy (non-hydrogen) atoms. The quantitative estimate of drug-likeness (QED) is 0.822. The number of aromatic nitrogens is 2. The average molecular weight is 297 g/mol. The number of nitrogens with two attached hydrogens (primary N) is 1. The summed E-state index contributed by atoms with van der Waals surface area (Å²) in [5.41, 5.74) is 7.02. The van der Waals surface area contributed by atoms with Crippen LogP contribution in [0.1, 0.15) is 39.3 Å². The molecule has 1 fully saturated rings. The Hall–Kier alpha value is -1.63. The minimum atomic E-state index is -3.40. The molecular weight excluding hydrogens is 278 g/mol. The largest absolute Gasteiger partial charge is 0.397 e. The molecule has 0 atom stereocenters. The van der Waals surface area contributed by atoms with Gasteiger partial charge in [-0.1, -0.05) is 13.8 Å². The van der Waals surface area contributed by atoms with Crippen LogP contribution in [0.25, 0.3) is 5.70 Å². The van der Waals surface area contributed by atoms with E-state index in [0.717, 1.165) is 4.09 Å². The molecule has 1 aromatic heterocycles. The highest BCUT2D eigenvalue weighted by Gasteiger charge is 2.37. The second-order valence-corrected chi connectivity index (χ2v) is 7.43. The molecule has 110 valence electrons. The normalized spacial score (nSPS) is 17.2. The number of hydrogen-bond donors (Lipinski definition) is 1. The first kappa shape index (κ1) is 14.8. The van der Waals surface area contributed by atoms with Crippen molar-refractivity contribution in [2.75, 3.05) is 0 Å². The predicted molar refractivity (Wildman–Crippen MR) is 76.2 cm³/mol. The van der Waals surface area contributed by atoms with Crippen molar-refractivity contribution >= 4 is 21.5 Å². The van der Waals surface area contributed by atoms with Gasteiger partial charge in [0, 0.05) is 11.8 Å². The van der Waals surface area contributed by atoms with Crippen LogP contribution in [0.15, 0.2) is 17.8 Å². The highest BCUT2D eigenvalue weighted by Crippen LogP contribution is 2.30. The molecule has 0 amide bonds. The number of rotatable bonds is 5. The SMILES string of the molecule is CC(=O)/C(=C(\N)c1ccn(S(=O)(=O)C2CC2)n1)C(C)C. The molecule has 1 aliphatic rings. The Morgan fingerprint density at radius 2 is 2.05 bits per heavy atom. The van der Waals surface area contributed by atoms with E-state index < -0.39 is 10.0 Å². The molecule has 0 aromatic carbocycles. The summed E-state index contributed by atoms with van der Waals surface area (Å²) in [6.07, 6.45) is 2.73. The molecule has 0 bridgehead atoms. The summed E-state index contributed by atoms with van der Waals surface area (Å²) in [5, 5.41) is 3.69. The maximum atomic E-state index is 12.0. The average Bonchev–Trinajstić information content (AvgIpc) is 3.06. The summed E-state index contributed by atoms with van der Waals surface area (Å²) in [6, 6.07) is 1.53. The number of hydrogen-bond acceptors (Lipinski definition) is 5. The topological polar surface area (TPSA) is 95.0 Å². The zero-order chi connectivity index (χ0) is 15.1. The lowest BCUT2D eigenvalue weighted by Gasteiger charge is -2.11. The molecule has 0 radical (unpaired) electrons. The van der Waals surface area contributed by atoms with Gasteiger partial charge in [-0.2, -0.15) is 9.19 Å². The van der Waals surface area contributed by atoms with Crippen LogP contribution in [-0.4, -0.2) is 28.6 Å². The van der Waals surface area contributed by atoms with E-state index in [9.17, 15) is 13.2 Å². The van der Waals surface area contributed by atoms with E-state index in [0.29, 0.717) is 24.1 Å². The van der Waals surface area contributed by atoms with Gasteiger partial charge >= 0.3 is 0 Å². The Kier molecular flexibility index (Phi) is 3.73. The van der Waals surface area contributed by atoms with Crippen molar-refractivity contribution < 1.29 is 13.2 Å². The van der Waals surface area contributed by atoms with Crippen molar-refractivity contribution in [3.8, 4) is 0 Å². The van der Waals surface area contributed by atoms with Gasteiger partial charge in [0.05, 0.1) is 10.9 Å². The van der Waals surface area contributed by atoms with Crippen LogP contribution < -0.4 is 5.73 Å². The number of Topliss-reactive ketones (excluding diaryl/α,β-unsaturated/α-hetero) is 1. The first-order valence-electron chi connectivity index (χ1n) is 6.56. The molecule has 1 aromatic rings. The van der Waals surface area contributed by atoms with Crippen LogP contribution in [0.3, 0.4) is 0 Å². The van der Waals surface area contributed by atoms with E-state index >= 15 is 0 Å². The summed E-state index contributed by atoms with van der Waals surface area (Å²) in [6.45, 7) is 5.17. The van der Waals surface area contributed by atoms with Crippen molar-refractivity contribution in [3.63, 3.8) is 0 Å². The highest BCUT2D eigenvalue weighted by atomic mass is 32.2. The van der Waals surface area contributed by atoms with Gasteiger partial charge in [-0.3, -0.25) is 4.79 Å². The van der Waals surface area contributed by atoms with Gasteiger partial charge in [-0.25, -0.2) is 8.42 Å². The molecule has 0 unspecified atom stereocenters. The van der Waals surface area contributed by atoms with E-state index in [-0.39, 0.29) is 22.6 Å². The van der Waals surface area contributed by atoms with Crippen molar-refractivity contribution in [2.45, 2.75) is 38.9 Å². The van der Waals surface area contributed by atoms with E-state index in [1.54, 1.807) is 0 Å². The molecule has 2 rings (SSSR count). The lowest BCUT2D eigenvalue weighted by molar-refractivity contribution is -0.113. The maximum Gasteiger partial charge on any atom is 0.256 e. The first-order chi connectivity index (χ1) is 9.25. The number of allylic oxidation sites excluding steroid dienone is 1. The Balaban J connectivity index is 2.42. The first-order valence-corrected chi connectivity index (χ1v) is 8.06. The molecule has 0 spiro atoms. The number of nitrogens with zero attached hydrogens (tertiary/aromatic N) is 2. The third-order valence-electron chi connectivity index (χ3n) is 3.30. The van der Waals surface area contributed by atoms with Gasteiger partial charge in [0.1, 0.15) is 5.69 Å². The van der Waals surface area contributed by atoms with Crippen LogP contribution in [0, 0.1) is 5.92 Å². The fourth-order valence-corrected chi connectivity index (χ4v) is 3.63. The van der Waals surface area contributed by atoms with Gasteiger partial charge < -0.3 is 5.73 Å². The molecule has 7 heteroatoms. The Morgan fingerprint density at radius 3 is 2.50 bits per heavy atom. The van der Waals surface area contributed by atoms with Crippen molar-refractivity contribution in [3.05, 3.63) is 23.5 Å². The molecule has 0 aliphatic heterocycles. The van der Waals surface area contributed by atoms with Crippen LogP contribution in [0.2, 0.25) is 0 Å². The molecular formula is C13H19N3O3S. The minimum Gasteiger partial charge on any atom is -0.397 e. The van der Waals surface area contributed by atoms with Gasteiger partial charge in [0.2, 0.25) is 0 Å². The molecule has 1 saturated carbocycles. The van der Waals surface area contributed by atoms with Crippen LogP contribution in [-0.2, 0) is 14.8 Å². The summed E-state index contributed by atoms with van der Waals surface area (Å²) < 4.78 is 25.1. The van der Waals surface area contributed by atoms with E-state index in [1.807, 2.05) is 13.8 Å². The predicted octanol–water partition coefficient (Wildman–Crippen LogP) is 1.14. The highest BCUT2D eigenvalue weighted by molar-refractivity contribution is 7.90. The summed E-state index contributed by atoms with van der Waals surface area (Å²) >= 11 is 0. The number of carbonyl (C=O) groups is 1. The molecule has 1 heterocycles. The second kappa shape index (κ2) is 5.05. The minimum absolute atomic E-state index is 0.0438. The third-order valence-corrected chi connectivity index (χ3v) is 5.33. The third kappa shape index (κ3) is 2.63. The Bertz CT molecular complexity index is 667. The van der Waals surface area contributed by atoms with Gasteiger partial charge in [-0.05, 0) is 31.7 Å². The summed E-state index contributed by atoms with van der Waals surface area (Å²) in [4.78, 5) is 11.6. The van der Waals surface area contributed by atoms with Gasteiger partial charge in [-0.15, -0.1) is 0 Å². The van der Waals surface area contributed by atoms with E-state index in [4.69, 9.17) is 5.73 Å². The molecule has 1 aliphatic carbocycles. The summed E-state index contributed by atoms with van der Waals surface area (Å²) in [7, 11) is -3.40. The maximum absolute atomic E-state index is 12.0. The van der Waals surface area contributed by atoms with E-state index in [2.05, 4.69) is 5.10 Å². The van der Waals surface area contributed by atoms with Crippen LogP contribution >= 0.6 is 0 Å². The number of carbonyl (C=O) groups excluding carboxylic acids is 1. The van der Waals surface area contributed by atoms with Crippen molar-refractivity contribution in [1.29, 1.82) is 0 Å². The fraction of sp³-hybridized carbons (Fsp3) is 0.538. The van der Waals surface area contributed by atoms with Crippen LogP contribution in [0.5, 0.6) is 0 Å². The lowest BCUT2D eigenvalue weighted by atomic mass is 9.96. The Morgan fingerprint density at radius 1 is 1.45 bits per heavy atom. The smallest absolute Gasteiger partial charge is 0.256 e. The zero-order valence-corrected chi connectivity index (χ0v) is 12.6. The standard InChI is InChI=1S/C13H19N3O3S/c1-8(2)12(9(3)17)13(14)11-6-7-16(15-11)20(18,19)10-4-5-10/h6-8,10H,4-5,14H2,1-3H3/b13-12-. The Labute approximate surface area is 118 Å². The van der Waals surface area contributed by atoms with Gasteiger partial charge in [0.15, 0.2) is 5.78 Å². The van der Waals surface area contributed by atoms with Crippen molar-refractivity contribution in [2.24, 2.45) is 11.7 Å². The molecule has 6 nitrogen and oxygen atoms in total. The molecule has 2 N–H and O–H groups in total. The van der Waals surface area contributed by atoms with E-state index in [1.165, 1.54) is 19.2 Å². The van der Waals surface area contributed by atoms with Crippen LogP contribution in [0.4, 0.5) is 0 Å². The summed E-state index contributed by atoms with van der Waals surface area (Å²) in [5.74, 6) is -0.171. The monoisotopic (exact) mass is 297 g/mol. The fourth-order valence-electron chi connectivity index (χ4n) is 2.16. The number of ketones is 1. The molecule has 0 saturated heterocycles. The zero-order valence-electron chi connectivity index (χ0n) is 11.8. The lowest BCUT2D eigenvalue weighted by Crippen LogP contribution is -2.19. The van der Waals surface area contributed by atoms with Gasteiger partial charge in [0.25, 0.3) is 10.0 Å².